The van der Waals surface area contributed by atoms with Crippen LogP contribution in [-0.4, -0.2) is 21.5 Å². The Bertz CT molecular complexity index is 810. The molecule has 1 aliphatic rings. The maximum absolute atomic E-state index is 12.8. The zero-order valence-corrected chi connectivity index (χ0v) is 14.5. The van der Waals surface area contributed by atoms with Crippen LogP contribution in [0.1, 0.15) is 62.1 Å². The van der Waals surface area contributed by atoms with Gasteiger partial charge in [-0.1, -0.05) is 19.8 Å². The van der Waals surface area contributed by atoms with Crippen LogP contribution in [0.5, 0.6) is 0 Å². The Morgan fingerprint density at radius 2 is 2.08 bits per heavy atom. The van der Waals surface area contributed by atoms with Gasteiger partial charge in [-0.3, -0.25) is 14.2 Å². The summed E-state index contributed by atoms with van der Waals surface area (Å²) in [6, 6.07) is 5.33. The van der Waals surface area contributed by atoms with Gasteiger partial charge in [0.2, 0.25) is 0 Å². The predicted molar refractivity (Wildman–Crippen MR) is 95.4 cm³/mol. The Morgan fingerprint density at radius 3 is 2.88 bits per heavy atom. The Morgan fingerprint density at radius 1 is 1.29 bits per heavy atom. The average Bonchev–Trinajstić information content (AvgIpc) is 2.56. The van der Waals surface area contributed by atoms with Gasteiger partial charge >= 0.3 is 0 Å². The molecule has 128 valence electrons. The van der Waals surface area contributed by atoms with E-state index in [1.165, 1.54) is 12.8 Å². The third kappa shape index (κ3) is 3.35. The average molecular weight is 327 g/mol. The van der Waals surface area contributed by atoms with Crippen molar-refractivity contribution in [2.75, 3.05) is 0 Å². The highest BCUT2D eigenvalue weighted by Gasteiger charge is 2.15. The van der Waals surface area contributed by atoms with Crippen molar-refractivity contribution in [1.82, 2.24) is 14.9 Å². The lowest BCUT2D eigenvalue weighted by atomic mass is 10.1. The number of hydrogen-bond acceptors (Lipinski definition) is 3. The molecule has 0 radical (unpaired) electrons. The van der Waals surface area contributed by atoms with Gasteiger partial charge in [0.25, 0.3) is 11.5 Å². The maximum Gasteiger partial charge on any atom is 0.261 e. The number of amides is 1. The Kier molecular flexibility index (Phi) is 4.97. The number of carbonyl (C=O) groups excluding carboxylic acids is 1. The summed E-state index contributed by atoms with van der Waals surface area (Å²) in [5.74, 6) is 0.742. The van der Waals surface area contributed by atoms with Crippen LogP contribution in [0, 0.1) is 0 Å². The predicted octanol–water partition coefficient (Wildman–Crippen LogP) is 3.04. The molecule has 1 aromatic carbocycles. The smallest absolute Gasteiger partial charge is 0.261 e. The van der Waals surface area contributed by atoms with Crippen LogP contribution in [0.4, 0.5) is 0 Å². The minimum atomic E-state index is -0.111. The molecule has 24 heavy (non-hydrogen) atoms. The van der Waals surface area contributed by atoms with Crippen LogP contribution in [0.25, 0.3) is 10.9 Å². The summed E-state index contributed by atoms with van der Waals surface area (Å²) in [4.78, 5) is 29.8. The number of aromatic nitrogens is 2. The van der Waals surface area contributed by atoms with Gasteiger partial charge in [-0.05, 0) is 44.4 Å². The molecule has 0 saturated heterocycles. The molecule has 0 spiro atoms. The van der Waals surface area contributed by atoms with Crippen LogP contribution >= 0.6 is 0 Å². The van der Waals surface area contributed by atoms with Crippen molar-refractivity contribution in [1.29, 1.82) is 0 Å². The van der Waals surface area contributed by atoms with Gasteiger partial charge in [-0.25, -0.2) is 4.98 Å². The molecule has 0 aliphatic carbocycles. The first-order chi connectivity index (χ1) is 11.6. The topological polar surface area (TPSA) is 64.0 Å². The first-order valence-corrected chi connectivity index (χ1v) is 8.94. The second-order valence-corrected chi connectivity index (χ2v) is 6.66. The molecule has 1 amide bonds. The number of rotatable bonds is 3. The van der Waals surface area contributed by atoms with Gasteiger partial charge in [0.05, 0.1) is 10.9 Å². The molecule has 1 aromatic heterocycles. The molecule has 1 aliphatic heterocycles. The number of carbonyl (C=O) groups is 1. The van der Waals surface area contributed by atoms with Gasteiger partial charge in [-0.15, -0.1) is 0 Å². The molecular formula is C19H25N3O2. The largest absolute Gasteiger partial charge is 0.350 e. The first-order valence-electron chi connectivity index (χ1n) is 8.94. The van der Waals surface area contributed by atoms with E-state index in [0.717, 1.165) is 38.1 Å². The fourth-order valence-electron chi connectivity index (χ4n) is 3.15. The van der Waals surface area contributed by atoms with Crippen molar-refractivity contribution >= 4 is 16.8 Å². The minimum absolute atomic E-state index is 0.0192. The lowest BCUT2D eigenvalue weighted by Crippen LogP contribution is -2.32. The van der Waals surface area contributed by atoms with Crippen LogP contribution < -0.4 is 10.9 Å². The number of nitrogens with one attached hydrogen (secondary N) is 1. The summed E-state index contributed by atoms with van der Waals surface area (Å²) in [6.07, 6.45) is 6.15. The van der Waals surface area contributed by atoms with E-state index in [4.69, 9.17) is 4.98 Å². The van der Waals surface area contributed by atoms with Crippen LogP contribution in [0.15, 0.2) is 23.0 Å². The van der Waals surface area contributed by atoms with Crippen LogP contribution in [0.3, 0.4) is 0 Å². The van der Waals surface area contributed by atoms with E-state index in [0.29, 0.717) is 16.5 Å². The number of nitrogens with zero attached hydrogens (tertiary/aromatic N) is 2. The van der Waals surface area contributed by atoms with Crippen molar-refractivity contribution in [2.24, 2.45) is 0 Å². The fourth-order valence-corrected chi connectivity index (χ4v) is 3.15. The number of aryl methyl sites for hydroxylation is 1. The normalized spacial score (nSPS) is 16.1. The zero-order valence-electron chi connectivity index (χ0n) is 14.5. The molecule has 0 fully saturated rings. The Hall–Kier alpha value is -2.17. The SMILES string of the molecule is CCC(C)NC(=O)c1ccc2c(=O)n3c(nc2c1)CCCCCC3. The molecule has 3 rings (SSSR count). The molecule has 1 N–H and O–H groups in total. The monoisotopic (exact) mass is 327 g/mol. The van der Waals surface area contributed by atoms with Crippen molar-refractivity contribution in [3.63, 3.8) is 0 Å². The molecule has 5 nitrogen and oxygen atoms in total. The maximum atomic E-state index is 12.8. The summed E-state index contributed by atoms with van der Waals surface area (Å²) in [5.41, 5.74) is 1.21. The zero-order chi connectivity index (χ0) is 17.1. The highest BCUT2D eigenvalue weighted by Crippen LogP contribution is 2.16. The van der Waals surface area contributed by atoms with E-state index in [2.05, 4.69) is 5.32 Å². The molecule has 1 unspecified atom stereocenters. The van der Waals surface area contributed by atoms with E-state index in [9.17, 15) is 9.59 Å². The summed E-state index contributed by atoms with van der Waals surface area (Å²) in [6.45, 7) is 4.76. The van der Waals surface area contributed by atoms with E-state index in [1.807, 2.05) is 18.4 Å². The molecule has 2 heterocycles. The van der Waals surface area contributed by atoms with Crippen molar-refractivity contribution in [3.8, 4) is 0 Å². The van der Waals surface area contributed by atoms with E-state index in [1.54, 1.807) is 18.2 Å². The molecule has 1 atom stereocenters. The number of fused-ring (bicyclic) bond motifs is 2. The summed E-state index contributed by atoms with van der Waals surface area (Å²) >= 11 is 0. The Labute approximate surface area is 142 Å². The van der Waals surface area contributed by atoms with Crippen molar-refractivity contribution in [2.45, 2.75) is 65.0 Å². The molecule has 0 bridgehead atoms. The Balaban J connectivity index is 2.02. The van der Waals surface area contributed by atoms with Crippen molar-refractivity contribution < 1.29 is 4.79 Å². The quantitative estimate of drug-likeness (QED) is 0.942. The highest BCUT2D eigenvalue weighted by molar-refractivity contribution is 5.97. The second-order valence-electron chi connectivity index (χ2n) is 6.66. The minimum Gasteiger partial charge on any atom is -0.350 e. The van der Waals surface area contributed by atoms with Gasteiger partial charge in [0.15, 0.2) is 0 Å². The molecular weight excluding hydrogens is 302 g/mol. The molecule has 5 heteroatoms. The van der Waals surface area contributed by atoms with Crippen molar-refractivity contribution in [3.05, 3.63) is 39.9 Å². The molecule has 0 saturated carbocycles. The lowest BCUT2D eigenvalue weighted by Gasteiger charge is -2.16. The summed E-state index contributed by atoms with van der Waals surface area (Å²) in [7, 11) is 0. The van der Waals surface area contributed by atoms with Gasteiger partial charge in [0.1, 0.15) is 5.82 Å². The first kappa shape index (κ1) is 16.7. The summed E-state index contributed by atoms with van der Waals surface area (Å²) < 4.78 is 1.82. The molecule has 2 aromatic rings. The lowest BCUT2D eigenvalue weighted by molar-refractivity contribution is 0.0939. The fraction of sp³-hybridized carbons (Fsp3) is 0.526. The highest BCUT2D eigenvalue weighted by atomic mass is 16.1. The second kappa shape index (κ2) is 7.16. The van der Waals surface area contributed by atoms with Crippen LogP contribution in [-0.2, 0) is 13.0 Å². The van der Waals surface area contributed by atoms with E-state index in [-0.39, 0.29) is 17.5 Å². The third-order valence-electron chi connectivity index (χ3n) is 4.82. The number of hydrogen-bond donors (Lipinski definition) is 1. The van der Waals surface area contributed by atoms with Crippen LogP contribution in [0.2, 0.25) is 0 Å². The van der Waals surface area contributed by atoms with Gasteiger partial charge < -0.3 is 5.32 Å². The van der Waals surface area contributed by atoms with E-state index >= 15 is 0 Å². The summed E-state index contributed by atoms with van der Waals surface area (Å²) in [5, 5.41) is 3.55. The van der Waals surface area contributed by atoms with Gasteiger partial charge in [0, 0.05) is 24.6 Å². The van der Waals surface area contributed by atoms with Gasteiger partial charge in [-0.2, -0.15) is 0 Å². The third-order valence-corrected chi connectivity index (χ3v) is 4.82. The van der Waals surface area contributed by atoms with E-state index < -0.39 is 0 Å². The standard InChI is InChI=1S/C19H25N3O2/c1-3-13(2)20-18(23)14-9-10-15-16(12-14)21-17-8-6-4-5-7-11-22(17)19(15)24/h9-10,12-13H,3-8,11H2,1-2H3,(H,20,23). The number of benzene rings is 1.